The zero-order chi connectivity index (χ0) is 18.4. The van der Waals surface area contributed by atoms with Crippen LogP contribution in [0.3, 0.4) is 0 Å². The largest absolute Gasteiger partial charge is 0.406 e. The van der Waals surface area contributed by atoms with Crippen molar-refractivity contribution < 1.29 is 22.7 Å². The third kappa shape index (κ3) is 5.50. The van der Waals surface area contributed by atoms with Crippen LogP contribution in [0.4, 0.5) is 19.1 Å². The molecule has 2 rings (SSSR count). The summed E-state index contributed by atoms with van der Waals surface area (Å²) in [6.45, 7) is 5.42. The Morgan fingerprint density at radius 2 is 1.88 bits per heavy atom. The summed E-state index contributed by atoms with van der Waals surface area (Å²) in [5.74, 6) is 0.0590. The van der Waals surface area contributed by atoms with E-state index in [1.807, 2.05) is 13.8 Å². The number of nitrogens with zero attached hydrogens (tertiary/aromatic N) is 5. The predicted octanol–water partition coefficient (Wildman–Crippen LogP) is 1.64. The molecular formula is C14H22F3N5O2S. The van der Waals surface area contributed by atoms with Gasteiger partial charge in [0.05, 0.1) is 19.0 Å². The van der Waals surface area contributed by atoms with Gasteiger partial charge in [-0.05, 0) is 13.8 Å². The summed E-state index contributed by atoms with van der Waals surface area (Å²) < 4.78 is 45.2. The van der Waals surface area contributed by atoms with Crippen LogP contribution in [0.1, 0.15) is 13.8 Å². The normalized spacial score (nSPS) is 15.5. The molecule has 0 bridgehead atoms. The first-order chi connectivity index (χ1) is 11.9. The molecular weight excluding hydrogens is 359 g/mol. The van der Waals surface area contributed by atoms with E-state index < -0.39 is 12.7 Å². The van der Waals surface area contributed by atoms with Crippen molar-refractivity contribution in [2.45, 2.75) is 31.7 Å². The molecule has 11 heteroatoms. The van der Waals surface area contributed by atoms with Gasteiger partial charge >= 0.3 is 6.18 Å². The fourth-order valence-corrected chi connectivity index (χ4v) is 3.33. The number of thioether (sulfide) groups is 1. The summed E-state index contributed by atoms with van der Waals surface area (Å²) in [5, 5.41) is 7.90. The SMILES string of the molecule is CCN(CC)C(=O)CSc1nnc(N2CCOCC2)n1CC(F)(F)F. The van der Waals surface area contributed by atoms with Gasteiger partial charge in [0.25, 0.3) is 0 Å². The molecule has 0 unspecified atom stereocenters. The first-order valence-electron chi connectivity index (χ1n) is 8.09. The molecule has 1 aromatic rings. The Morgan fingerprint density at radius 1 is 1.24 bits per heavy atom. The minimum absolute atomic E-state index is 0.0286. The molecule has 1 aliphatic heterocycles. The van der Waals surface area contributed by atoms with Crippen molar-refractivity contribution in [1.82, 2.24) is 19.7 Å². The molecule has 0 aliphatic carbocycles. The molecule has 0 radical (unpaired) electrons. The molecule has 7 nitrogen and oxygen atoms in total. The summed E-state index contributed by atoms with van der Waals surface area (Å²) in [6.07, 6.45) is -4.40. The molecule has 142 valence electrons. The molecule has 0 saturated carbocycles. The number of carbonyl (C=O) groups excluding carboxylic acids is 1. The number of aromatic nitrogens is 3. The van der Waals surface area contributed by atoms with Crippen molar-refractivity contribution in [3.05, 3.63) is 0 Å². The highest BCUT2D eigenvalue weighted by atomic mass is 32.2. The second-order valence-corrected chi connectivity index (χ2v) is 6.38. The van der Waals surface area contributed by atoms with Gasteiger partial charge in [-0.2, -0.15) is 13.2 Å². The molecule has 2 heterocycles. The van der Waals surface area contributed by atoms with Gasteiger partial charge in [0.1, 0.15) is 6.54 Å². The Morgan fingerprint density at radius 3 is 2.44 bits per heavy atom. The van der Waals surface area contributed by atoms with Crippen LogP contribution in [0.2, 0.25) is 0 Å². The highest BCUT2D eigenvalue weighted by Gasteiger charge is 2.33. The summed E-state index contributed by atoms with van der Waals surface area (Å²) in [6, 6.07) is 0. The zero-order valence-electron chi connectivity index (χ0n) is 14.3. The number of halogens is 3. The van der Waals surface area contributed by atoms with E-state index in [1.165, 1.54) is 0 Å². The van der Waals surface area contributed by atoms with Crippen LogP contribution >= 0.6 is 11.8 Å². The molecule has 1 aliphatic rings. The number of morpholine rings is 1. The molecule has 0 N–H and O–H groups in total. The quantitative estimate of drug-likeness (QED) is 0.669. The topological polar surface area (TPSA) is 63.5 Å². The van der Waals surface area contributed by atoms with Crippen molar-refractivity contribution in [3.63, 3.8) is 0 Å². The lowest BCUT2D eigenvalue weighted by Crippen LogP contribution is -2.38. The molecule has 25 heavy (non-hydrogen) atoms. The van der Waals surface area contributed by atoms with Gasteiger partial charge in [-0.1, -0.05) is 11.8 Å². The van der Waals surface area contributed by atoms with E-state index in [0.717, 1.165) is 16.3 Å². The Labute approximate surface area is 148 Å². The Bertz CT molecular complexity index is 571. The highest BCUT2D eigenvalue weighted by Crippen LogP contribution is 2.28. The molecule has 1 aromatic heterocycles. The molecule has 1 saturated heterocycles. The third-order valence-electron chi connectivity index (χ3n) is 3.77. The fourth-order valence-electron chi connectivity index (χ4n) is 2.50. The number of rotatable bonds is 7. The Hall–Kier alpha value is -1.49. The Kier molecular flexibility index (Phi) is 6.94. The zero-order valence-corrected chi connectivity index (χ0v) is 15.1. The van der Waals surface area contributed by atoms with Crippen LogP contribution in [0.25, 0.3) is 0 Å². The molecule has 0 aromatic carbocycles. The molecule has 1 fully saturated rings. The average Bonchev–Trinajstić information content (AvgIpc) is 2.95. The lowest BCUT2D eigenvalue weighted by Gasteiger charge is -2.28. The maximum atomic E-state index is 13.0. The minimum Gasteiger partial charge on any atom is -0.378 e. The number of carbonyl (C=O) groups is 1. The smallest absolute Gasteiger partial charge is 0.378 e. The van der Waals surface area contributed by atoms with Crippen LogP contribution < -0.4 is 4.90 Å². The average molecular weight is 381 g/mol. The highest BCUT2D eigenvalue weighted by molar-refractivity contribution is 7.99. The van der Waals surface area contributed by atoms with E-state index >= 15 is 0 Å². The van der Waals surface area contributed by atoms with Crippen molar-refractivity contribution in [1.29, 1.82) is 0 Å². The van der Waals surface area contributed by atoms with Gasteiger partial charge in [-0.3, -0.25) is 9.36 Å². The maximum Gasteiger partial charge on any atom is 0.406 e. The van der Waals surface area contributed by atoms with Gasteiger partial charge < -0.3 is 14.5 Å². The van der Waals surface area contributed by atoms with E-state index in [2.05, 4.69) is 10.2 Å². The van der Waals surface area contributed by atoms with E-state index in [0.29, 0.717) is 39.4 Å². The van der Waals surface area contributed by atoms with E-state index in [9.17, 15) is 18.0 Å². The van der Waals surface area contributed by atoms with Crippen molar-refractivity contribution >= 4 is 23.6 Å². The van der Waals surface area contributed by atoms with Crippen LogP contribution in [0.5, 0.6) is 0 Å². The van der Waals surface area contributed by atoms with Crippen molar-refractivity contribution in [2.75, 3.05) is 50.0 Å². The standard InChI is InChI=1S/C14H22F3N5O2S/c1-3-20(4-2)11(23)9-25-13-19-18-12(21-5-7-24-8-6-21)22(13)10-14(15,16)17/h3-10H2,1-2H3. The monoisotopic (exact) mass is 381 g/mol. The summed E-state index contributed by atoms with van der Waals surface area (Å²) in [5.41, 5.74) is 0. The van der Waals surface area contributed by atoms with Crippen LogP contribution in [-0.2, 0) is 16.1 Å². The van der Waals surface area contributed by atoms with Crippen molar-refractivity contribution in [3.8, 4) is 0 Å². The van der Waals surface area contributed by atoms with Gasteiger partial charge in [-0.25, -0.2) is 0 Å². The van der Waals surface area contributed by atoms with E-state index in [4.69, 9.17) is 4.74 Å². The first kappa shape index (κ1) is 19.8. The second-order valence-electron chi connectivity index (χ2n) is 5.44. The Balaban J connectivity index is 2.16. The number of alkyl halides is 3. The summed E-state index contributed by atoms with van der Waals surface area (Å²) in [7, 11) is 0. The van der Waals surface area contributed by atoms with Crippen LogP contribution in [0, 0.1) is 0 Å². The summed E-state index contributed by atoms with van der Waals surface area (Å²) >= 11 is 0.980. The number of hydrogen-bond donors (Lipinski definition) is 0. The number of ether oxygens (including phenoxy) is 1. The number of anilines is 1. The lowest BCUT2D eigenvalue weighted by atomic mass is 10.4. The van der Waals surface area contributed by atoms with Crippen LogP contribution in [-0.4, -0.2) is 76.9 Å². The van der Waals surface area contributed by atoms with Gasteiger partial charge in [-0.15, -0.1) is 10.2 Å². The van der Waals surface area contributed by atoms with Gasteiger partial charge in [0.15, 0.2) is 5.16 Å². The first-order valence-corrected chi connectivity index (χ1v) is 9.07. The van der Waals surface area contributed by atoms with E-state index in [1.54, 1.807) is 9.80 Å². The van der Waals surface area contributed by atoms with Crippen molar-refractivity contribution in [2.24, 2.45) is 0 Å². The van der Waals surface area contributed by atoms with Gasteiger partial charge in [0.2, 0.25) is 11.9 Å². The van der Waals surface area contributed by atoms with Crippen LogP contribution in [0.15, 0.2) is 5.16 Å². The number of amides is 1. The van der Waals surface area contributed by atoms with Gasteiger partial charge in [0, 0.05) is 26.2 Å². The lowest BCUT2D eigenvalue weighted by molar-refractivity contribution is -0.141. The second kappa shape index (κ2) is 8.75. The minimum atomic E-state index is -4.40. The van der Waals surface area contributed by atoms with E-state index in [-0.39, 0.29) is 22.8 Å². The number of hydrogen-bond acceptors (Lipinski definition) is 6. The molecule has 1 amide bonds. The summed E-state index contributed by atoms with van der Waals surface area (Å²) in [4.78, 5) is 15.4. The third-order valence-corrected chi connectivity index (χ3v) is 4.72. The fraction of sp³-hybridized carbons (Fsp3) is 0.786. The molecule has 0 atom stereocenters. The predicted molar refractivity (Wildman–Crippen MR) is 87.8 cm³/mol. The maximum absolute atomic E-state index is 13.0. The molecule has 0 spiro atoms.